The summed E-state index contributed by atoms with van der Waals surface area (Å²) >= 11 is 0. The molecule has 0 saturated carbocycles. The molecule has 0 N–H and O–H groups in total. The second-order valence-corrected chi connectivity index (χ2v) is 7.26. The summed E-state index contributed by atoms with van der Waals surface area (Å²) in [6.07, 6.45) is 1.77. The minimum atomic E-state index is -0.465. The zero-order valence-corrected chi connectivity index (χ0v) is 14.5. The number of rotatable bonds is 3. The van der Waals surface area contributed by atoms with Crippen molar-refractivity contribution in [3.05, 3.63) is 18.2 Å². The van der Waals surface area contributed by atoms with Gasteiger partial charge in [0.25, 0.3) is 0 Å². The second-order valence-electron chi connectivity index (χ2n) is 7.26. The van der Waals surface area contributed by atoms with Crippen molar-refractivity contribution >= 4 is 6.09 Å². The van der Waals surface area contributed by atoms with Crippen LogP contribution in [0.1, 0.15) is 33.6 Å². The van der Waals surface area contributed by atoms with Crippen LogP contribution >= 0.6 is 0 Å². The molecule has 1 amide bonds. The molecule has 1 aromatic carbocycles. The van der Waals surface area contributed by atoms with Crippen LogP contribution in [0.2, 0.25) is 0 Å². The Morgan fingerprint density at radius 3 is 2.88 bits per heavy atom. The van der Waals surface area contributed by atoms with Gasteiger partial charge >= 0.3 is 6.09 Å². The first kappa shape index (κ1) is 16.7. The van der Waals surface area contributed by atoms with Crippen molar-refractivity contribution in [3.8, 4) is 17.2 Å². The van der Waals surface area contributed by atoms with E-state index in [2.05, 4.69) is 0 Å². The van der Waals surface area contributed by atoms with E-state index in [0.29, 0.717) is 24.8 Å². The number of likely N-dealkylation sites (tertiary alicyclic amines) is 1. The molecule has 3 rings (SSSR count). The third-order valence-electron chi connectivity index (χ3n) is 4.00. The van der Waals surface area contributed by atoms with Gasteiger partial charge in [-0.1, -0.05) is 0 Å². The van der Waals surface area contributed by atoms with Gasteiger partial charge in [-0.25, -0.2) is 4.79 Å². The van der Waals surface area contributed by atoms with Gasteiger partial charge in [-0.15, -0.1) is 0 Å². The Hall–Kier alpha value is -2.11. The number of ether oxygens (including phenoxy) is 4. The van der Waals surface area contributed by atoms with Gasteiger partial charge in [0.15, 0.2) is 11.5 Å². The van der Waals surface area contributed by atoms with Crippen LogP contribution in [0.4, 0.5) is 4.79 Å². The highest BCUT2D eigenvalue weighted by atomic mass is 16.7. The van der Waals surface area contributed by atoms with Gasteiger partial charge in [-0.2, -0.15) is 0 Å². The van der Waals surface area contributed by atoms with Crippen LogP contribution in [0, 0.1) is 5.92 Å². The summed E-state index contributed by atoms with van der Waals surface area (Å²) in [7, 11) is 0. The van der Waals surface area contributed by atoms with Crippen molar-refractivity contribution in [2.24, 2.45) is 5.92 Å². The number of carbonyl (C=O) groups excluding carboxylic acids is 1. The van der Waals surface area contributed by atoms with Crippen LogP contribution in [0.25, 0.3) is 0 Å². The predicted molar refractivity (Wildman–Crippen MR) is 88.6 cm³/mol. The SMILES string of the molecule is CC(C)(C)OC(=O)N1CCC[C@H](COc2ccc3c(c2)OCO3)C1. The molecule has 24 heavy (non-hydrogen) atoms. The fraction of sp³-hybridized carbons (Fsp3) is 0.611. The fourth-order valence-electron chi connectivity index (χ4n) is 2.87. The van der Waals surface area contributed by atoms with Crippen molar-refractivity contribution in [1.29, 1.82) is 0 Å². The lowest BCUT2D eigenvalue weighted by Gasteiger charge is -2.34. The number of hydrogen-bond acceptors (Lipinski definition) is 5. The average Bonchev–Trinajstić information content (AvgIpc) is 2.99. The summed E-state index contributed by atoms with van der Waals surface area (Å²) in [6.45, 7) is 7.89. The van der Waals surface area contributed by atoms with Gasteiger partial charge in [0.2, 0.25) is 6.79 Å². The normalized spacial score (nSPS) is 20.0. The molecule has 0 bridgehead atoms. The maximum atomic E-state index is 12.2. The van der Waals surface area contributed by atoms with Crippen LogP contribution in [-0.4, -0.2) is 43.1 Å². The third-order valence-corrected chi connectivity index (χ3v) is 4.00. The highest BCUT2D eigenvalue weighted by Gasteiger charge is 2.28. The molecule has 1 atom stereocenters. The lowest BCUT2D eigenvalue weighted by molar-refractivity contribution is 0.0139. The van der Waals surface area contributed by atoms with E-state index >= 15 is 0 Å². The topological polar surface area (TPSA) is 57.2 Å². The molecular formula is C18H25NO5. The van der Waals surface area contributed by atoms with E-state index in [-0.39, 0.29) is 12.9 Å². The van der Waals surface area contributed by atoms with Crippen LogP contribution in [0.15, 0.2) is 18.2 Å². The zero-order chi connectivity index (χ0) is 17.2. The molecule has 1 fully saturated rings. The monoisotopic (exact) mass is 335 g/mol. The molecule has 0 aromatic heterocycles. The van der Waals surface area contributed by atoms with Crippen LogP contribution in [0.3, 0.4) is 0 Å². The fourth-order valence-corrected chi connectivity index (χ4v) is 2.87. The number of hydrogen-bond donors (Lipinski definition) is 0. The molecule has 2 aliphatic heterocycles. The Morgan fingerprint density at radius 1 is 1.29 bits per heavy atom. The summed E-state index contributed by atoms with van der Waals surface area (Å²) in [5, 5.41) is 0. The summed E-state index contributed by atoms with van der Waals surface area (Å²) in [4.78, 5) is 14.0. The number of nitrogens with zero attached hydrogens (tertiary/aromatic N) is 1. The molecule has 6 heteroatoms. The summed E-state index contributed by atoms with van der Waals surface area (Å²) in [6, 6.07) is 5.57. The maximum absolute atomic E-state index is 12.2. The summed E-state index contributed by atoms with van der Waals surface area (Å²) in [5.41, 5.74) is -0.465. The van der Waals surface area contributed by atoms with Gasteiger partial charge in [-0.3, -0.25) is 0 Å². The number of piperidine rings is 1. The minimum absolute atomic E-state index is 0.240. The van der Waals surface area contributed by atoms with E-state index in [4.69, 9.17) is 18.9 Å². The Morgan fingerprint density at radius 2 is 2.08 bits per heavy atom. The van der Waals surface area contributed by atoms with Crippen molar-refractivity contribution in [3.63, 3.8) is 0 Å². The van der Waals surface area contributed by atoms with Gasteiger partial charge in [0.05, 0.1) is 6.61 Å². The molecule has 1 aromatic rings. The van der Waals surface area contributed by atoms with Gasteiger partial charge in [0.1, 0.15) is 11.4 Å². The Bertz CT molecular complexity index is 596. The molecule has 0 unspecified atom stereocenters. The van der Waals surface area contributed by atoms with Gasteiger partial charge in [-0.05, 0) is 45.7 Å². The van der Waals surface area contributed by atoms with E-state index in [1.165, 1.54) is 0 Å². The van der Waals surface area contributed by atoms with E-state index in [0.717, 1.165) is 30.9 Å². The highest BCUT2D eigenvalue weighted by molar-refractivity contribution is 5.68. The highest BCUT2D eigenvalue weighted by Crippen LogP contribution is 2.35. The quantitative estimate of drug-likeness (QED) is 0.847. The maximum Gasteiger partial charge on any atom is 0.410 e. The Balaban J connectivity index is 1.51. The number of carbonyl (C=O) groups is 1. The van der Waals surface area contributed by atoms with E-state index in [9.17, 15) is 4.79 Å². The third kappa shape index (κ3) is 4.24. The first-order valence-corrected chi connectivity index (χ1v) is 8.41. The summed E-state index contributed by atoms with van der Waals surface area (Å²) < 4.78 is 22.0. The largest absolute Gasteiger partial charge is 0.493 e. The molecule has 2 heterocycles. The molecule has 6 nitrogen and oxygen atoms in total. The first-order chi connectivity index (χ1) is 11.4. The smallest absolute Gasteiger partial charge is 0.410 e. The molecule has 0 spiro atoms. The number of amides is 1. The lowest BCUT2D eigenvalue weighted by Crippen LogP contribution is -2.44. The molecule has 0 aliphatic carbocycles. The Kier molecular flexibility index (Phi) is 4.73. The predicted octanol–water partition coefficient (Wildman–Crippen LogP) is 3.44. The second kappa shape index (κ2) is 6.79. The van der Waals surface area contributed by atoms with Crippen LogP contribution in [-0.2, 0) is 4.74 Å². The van der Waals surface area contributed by atoms with E-state index in [1.54, 1.807) is 4.90 Å². The van der Waals surface area contributed by atoms with E-state index in [1.807, 2.05) is 39.0 Å². The van der Waals surface area contributed by atoms with Crippen LogP contribution in [0.5, 0.6) is 17.2 Å². The Labute approximate surface area is 142 Å². The minimum Gasteiger partial charge on any atom is -0.493 e. The molecule has 0 radical (unpaired) electrons. The molecule has 1 saturated heterocycles. The summed E-state index contributed by atoms with van der Waals surface area (Å²) in [5.74, 6) is 2.52. The number of fused-ring (bicyclic) bond motifs is 1. The van der Waals surface area contributed by atoms with E-state index < -0.39 is 5.60 Å². The molecule has 132 valence electrons. The molecular weight excluding hydrogens is 310 g/mol. The van der Waals surface area contributed by atoms with Gasteiger partial charge < -0.3 is 23.8 Å². The lowest BCUT2D eigenvalue weighted by atomic mass is 9.99. The number of benzene rings is 1. The van der Waals surface area contributed by atoms with Crippen molar-refractivity contribution in [1.82, 2.24) is 4.90 Å². The van der Waals surface area contributed by atoms with Crippen molar-refractivity contribution < 1.29 is 23.7 Å². The molecule has 2 aliphatic rings. The van der Waals surface area contributed by atoms with Crippen LogP contribution < -0.4 is 14.2 Å². The first-order valence-electron chi connectivity index (χ1n) is 8.41. The van der Waals surface area contributed by atoms with Gasteiger partial charge in [0, 0.05) is 25.1 Å². The zero-order valence-electron chi connectivity index (χ0n) is 14.5. The van der Waals surface area contributed by atoms with Crippen molar-refractivity contribution in [2.45, 2.75) is 39.2 Å². The van der Waals surface area contributed by atoms with Crippen molar-refractivity contribution in [2.75, 3.05) is 26.5 Å². The standard InChI is InChI=1S/C18H25NO5/c1-18(2,3)24-17(20)19-8-4-5-13(10-19)11-21-14-6-7-15-16(9-14)23-12-22-15/h6-7,9,13H,4-5,8,10-12H2,1-3H3/t13-/m0/s1. The average molecular weight is 335 g/mol.